The van der Waals surface area contributed by atoms with E-state index in [1.165, 1.54) is 35.5 Å². The predicted molar refractivity (Wildman–Crippen MR) is 109 cm³/mol. The summed E-state index contributed by atoms with van der Waals surface area (Å²) in [4.78, 5) is 12.8. The van der Waals surface area contributed by atoms with Crippen LogP contribution in [0.15, 0.2) is 28.7 Å². The minimum atomic E-state index is -0.961. The molecule has 1 amide bonds. The van der Waals surface area contributed by atoms with Crippen LogP contribution in [0.25, 0.3) is 0 Å². The first kappa shape index (κ1) is 22.2. The van der Waals surface area contributed by atoms with E-state index in [4.69, 9.17) is 23.7 Å². The van der Waals surface area contributed by atoms with Crippen LogP contribution in [0.2, 0.25) is 0 Å². The van der Waals surface area contributed by atoms with Crippen molar-refractivity contribution in [2.45, 2.75) is 6.04 Å². The third-order valence-corrected chi connectivity index (χ3v) is 4.91. The number of hydrogen-bond acceptors (Lipinski definition) is 7. The standard InChI is InChI=1S/C20H21BrN2O6/c1-25-14-8-12(9-15(26-2)18(14)21)20(24)23-13(10-22)11-6-16(27-3)19(29-5)17(7-11)28-4/h6-9,13H,1-5H3,(H,23,24). The Labute approximate surface area is 177 Å². The summed E-state index contributed by atoms with van der Waals surface area (Å²) in [6.07, 6.45) is 0. The zero-order valence-corrected chi connectivity index (χ0v) is 18.2. The Hall–Kier alpha value is -3.12. The average molecular weight is 465 g/mol. The second-order valence-electron chi connectivity index (χ2n) is 5.69. The maximum atomic E-state index is 12.8. The lowest BCUT2D eigenvalue weighted by atomic mass is 10.1. The quantitative estimate of drug-likeness (QED) is 0.637. The fraction of sp³-hybridized carbons (Fsp3) is 0.300. The molecule has 29 heavy (non-hydrogen) atoms. The van der Waals surface area contributed by atoms with Gasteiger partial charge >= 0.3 is 0 Å². The van der Waals surface area contributed by atoms with Crippen LogP contribution in [-0.2, 0) is 0 Å². The molecule has 2 aromatic rings. The van der Waals surface area contributed by atoms with E-state index < -0.39 is 11.9 Å². The van der Waals surface area contributed by atoms with Gasteiger partial charge in [-0.05, 0) is 45.8 Å². The number of amides is 1. The predicted octanol–water partition coefficient (Wildman–Crippen LogP) is 3.49. The van der Waals surface area contributed by atoms with Crippen molar-refractivity contribution in [2.24, 2.45) is 0 Å². The molecular formula is C20H21BrN2O6. The van der Waals surface area contributed by atoms with Gasteiger partial charge in [-0.15, -0.1) is 0 Å². The molecule has 0 fully saturated rings. The molecule has 1 unspecified atom stereocenters. The normalized spacial score (nSPS) is 11.1. The van der Waals surface area contributed by atoms with Gasteiger partial charge in [0.25, 0.3) is 5.91 Å². The molecule has 1 atom stereocenters. The van der Waals surface area contributed by atoms with Crippen molar-refractivity contribution in [3.63, 3.8) is 0 Å². The number of halogens is 1. The van der Waals surface area contributed by atoms with E-state index >= 15 is 0 Å². The molecule has 0 heterocycles. The molecular weight excluding hydrogens is 444 g/mol. The maximum Gasteiger partial charge on any atom is 0.252 e. The van der Waals surface area contributed by atoms with Crippen molar-refractivity contribution in [2.75, 3.05) is 35.5 Å². The monoisotopic (exact) mass is 464 g/mol. The van der Waals surface area contributed by atoms with E-state index in [2.05, 4.69) is 27.3 Å². The zero-order chi connectivity index (χ0) is 21.6. The summed E-state index contributed by atoms with van der Waals surface area (Å²) < 4.78 is 27.0. The molecule has 0 saturated carbocycles. The van der Waals surface area contributed by atoms with Gasteiger partial charge in [0, 0.05) is 5.56 Å². The molecule has 2 rings (SSSR count). The van der Waals surface area contributed by atoms with Gasteiger partial charge in [-0.3, -0.25) is 4.79 Å². The summed E-state index contributed by atoms with van der Waals surface area (Å²) in [5, 5.41) is 12.3. The highest BCUT2D eigenvalue weighted by atomic mass is 79.9. The number of hydrogen-bond donors (Lipinski definition) is 1. The van der Waals surface area contributed by atoms with Gasteiger partial charge in [0.2, 0.25) is 5.75 Å². The van der Waals surface area contributed by atoms with E-state index in [0.717, 1.165) is 0 Å². The Balaban J connectivity index is 2.40. The molecule has 0 spiro atoms. The lowest BCUT2D eigenvalue weighted by Crippen LogP contribution is -2.27. The lowest BCUT2D eigenvalue weighted by Gasteiger charge is -2.18. The summed E-state index contributed by atoms with van der Waals surface area (Å²) in [5.41, 5.74) is 0.751. The zero-order valence-electron chi connectivity index (χ0n) is 16.7. The molecule has 0 aliphatic carbocycles. The van der Waals surface area contributed by atoms with Crippen LogP contribution in [0.3, 0.4) is 0 Å². The van der Waals surface area contributed by atoms with Crippen molar-refractivity contribution < 1.29 is 28.5 Å². The topological polar surface area (TPSA) is 99.0 Å². The van der Waals surface area contributed by atoms with Crippen molar-refractivity contribution in [3.8, 4) is 34.8 Å². The van der Waals surface area contributed by atoms with Gasteiger partial charge < -0.3 is 29.0 Å². The summed E-state index contributed by atoms with van der Waals surface area (Å²) in [6, 6.07) is 7.42. The Bertz CT molecular complexity index is 891. The maximum absolute atomic E-state index is 12.8. The second kappa shape index (κ2) is 9.89. The largest absolute Gasteiger partial charge is 0.495 e. The third-order valence-electron chi connectivity index (χ3n) is 4.13. The number of benzene rings is 2. The number of nitrogens with one attached hydrogen (secondary N) is 1. The molecule has 0 aliphatic heterocycles. The van der Waals surface area contributed by atoms with E-state index in [1.54, 1.807) is 24.3 Å². The average Bonchev–Trinajstić information content (AvgIpc) is 2.76. The van der Waals surface area contributed by atoms with Crippen molar-refractivity contribution in [3.05, 3.63) is 39.9 Å². The Morgan fingerprint density at radius 3 is 1.76 bits per heavy atom. The third kappa shape index (κ3) is 4.66. The van der Waals surface area contributed by atoms with E-state index in [-0.39, 0.29) is 5.56 Å². The number of nitriles is 1. The van der Waals surface area contributed by atoms with Crippen LogP contribution in [0.1, 0.15) is 22.0 Å². The molecule has 154 valence electrons. The summed E-state index contributed by atoms with van der Waals surface area (Å²) in [6.45, 7) is 0. The molecule has 0 aliphatic rings. The SMILES string of the molecule is COc1cc(C(=O)NC(C#N)c2cc(OC)c(OC)c(OC)c2)cc(OC)c1Br. The highest BCUT2D eigenvalue weighted by Crippen LogP contribution is 2.40. The highest BCUT2D eigenvalue weighted by Gasteiger charge is 2.22. The van der Waals surface area contributed by atoms with Gasteiger partial charge in [0.05, 0.1) is 41.6 Å². The molecule has 0 saturated heterocycles. The molecule has 2 aromatic carbocycles. The molecule has 0 radical (unpaired) electrons. The van der Waals surface area contributed by atoms with Gasteiger partial charge in [-0.25, -0.2) is 0 Å². The fourth-order valence-electron chi connectivity index (χ4n) is 2.67. The molecule has 1 N–H and O–H groups in total. The minimum absolute atomic E-state index is 0.273. The van der Waals surface area contributed by atoms with Crippen LogP contribution in [0.5, 0.6) is 28.7 Å². The fourth-order valence-corrected chi connectivity index (χ4v) is 3.23. The first-order valence-electron chi connectivity index (χ1n) is 8.35. The minimum Gasteiger partial charge on any atom is -0.495 e. The number of rotatable bonds is 8. The number of nitrogens with zero attached hydrogens (tertiary/aromatic N) is 1. The summed E-state index contributed by atoms with van der Waals surface area (Å²) >= 11 is 3.36. The van der Waals surface area contributed by atoms with Gasteiger partial charge in [0.1, 0.15) is 22.0 Å². The van der Waals surface area contributed by atoms with Crippen LogP contribution < -0.4 is 29.0 Å². The number of methoxy groups -OCH3 is 5. The van der Waals surface area contributed by atoms with E-state index in [9.17, 15) is 10.1 Å². The number of carbonyl (C=O) groups is 1. The van der Waals surface area contributed by atoms with Gasteiger partial charge in [-0.2, -0.15) is 5.26 Å². The Morgan fingerprint density at radius 2 is 1.38 bits per heavy atom. The number of ether oxygens (including phenoxy) is 5. The summed E-state index contributed by atoms with van der Waals surface area (Å²) in [5.74, 6) is 1.52. The van der Waals surface area contributed by atoms with Crippen LogP contribution in [0.4, 0.5) is 0 Å². The molecule has 0 aromatic heterocycles. The molecule has 0 bridgehead atoms. The molecule has 8 nitrogen and oxygen atoms in total. The first-order chi connectivity index (χ1) is 13.9. The van der Waals surface area contributed by atoms with E-state index in [0.29, 0.717) is 38.8 Å². The smallest absolute Gasteiger partial charge is 0.252 e. The van der Waals surface area contributed by atoms with Crippen LogP contribution >= 0.6 is 15.9 Å². The Kier molecular flexibility index (Phi) is 7.56. The Morgan fingerprint density at radius 1 is 0.897 bits per heavy atom. The highest BCUT2D eigenvalue weighted by molar-refractivity contribution is 9.10. The van der Waals surface area contributed by atoms with Gasteiger partial charge in [-0.1, -0.05) is 0 Å². The second-order valence-corrected chi connectivity index (χ2v) is 6.48. The van der Waals surface area contributed by atoms with Crippen molar-refractivity contribution in [1.82, 2.24) is 5.32 Å². The number of carbonyl (C=O) groups excluding carboxylic acids is 1. The van der Waals surface area contributed by atoms with Crippen LogP contribution in [0, 0.1) is 11.3 Å². The first-order valence-corrected chi connectivity index (χ1v) is 9.15. The lowest BCUT2D eigenvalue weighted by molar-refractivity contribution is 0.0944. The van der Waals surface area contributed by atoms with Crippen molar-refractivity contribution in [1.29, 1.82) is 5.26 Å². The van der Waals surface area contributed by atoms with Crippen molar-refractivity contribution >= 4 is 21.8 Å². The molecule has 9 heteroatoms. The van der Waals surface area contributed by atoms with Crippen LogP contribution in [-0.4, -0.2) is 41.5 Å². The van der Waals surface area contributed by atoms with Gasteiger partial charge in [0.15, 0.2) is 11.5 Å². The van der Waals surface area contributed by atoms with E-state index in [1.807, 2.05) is 0 Å². The summed E-state index contributed by atoms with van der Waals surface area (Å²) in [7, 11) is 7.39.